The number of carbonyl (C=O) groups excluding carboxylic acids is 3. The first-order valence-electron chi connectivity index (χ1n) is 27.3. The predicted molar refractivity (Wildman–Crippen MR) is 286 cm³/mol. The number of ether oxygens (including phenoxy) is 3. The number of esters is 2. The van der Waals surface area contributed by atoms with E-state index in [1.807, 2.05) is 0 Å². The zero-order chi connectivity index (χ0) is 49.9. The molecule has 388 valence electrons. The monoisotopic (exact) mass is 948 g/mol. The number of carboxylic acid groups (broad SMARTS) is 1. The number of rotatable bonds is 48. The minimum atomic E-state index is -1.13. The van der Waals surface area contributed by atoms with Gasteiger partial charge in [-0.2, -0.15) is 0 Å². The van der Waals surface area contributed by atoms with E-state index < -0.39 is 18.1 Å². The lowest BCUT2D eigenvalue weighted by atomic mass is 10.1. The van der Waals surface area contributed by atoms with Gasteiger partial charge in [0.1, 0.15) is 12.6 Å². The molecule has 0 radical (unpaired) electrons. The number of unbranched alkanes of at least 4 members (excludes halogenated alkanes) is 18. The topological polar surface area (TPSA) is 102 Å². The molecule has 0 spiro atoms. The fraction of sp³-hybridized carbons (Fsp3) is 0.683. The molecule has 8 heteroatoms. The number of carboxylic acids is 1. The van der Waals surface area contributed by atoms with Gasteiger partial charge >= 0.3 is 11.9 Å². The average Bonchev–Trinajstić information content (AvgIpc) is 3.30. The summed E-state index contributed by atoms with van der Waals surface area (Å²) in [6, 6.07) is -0.741. The van der Waals surface area contributed by atoms with Gasteiger partial charge in [-0.15, -0.1) is 0 Å². The Kier molecular flexibility index (Phi) is 46.9. The molecule has 0 aromatic carbocycles. The average molecular weight is 948 g/mol. The lowest BCUT2D eigenvalue weighted by Gasteiger charge is -2.34. The molecule has 0 fully saturated rings. The third-order valence-corrected chi connectivity index (χ3v) is 11.7. The van der Waals surface area contributed by atoms with E-state index in [9.17, 15) is 19.5 Å². The van der Waals surface area contributed by atoms with Crippen LogP contribution in [0.25, 0.3) is 0 Å². The first kappa shape index (κ1) is 64.2. The van der Waals surface area contributed by atoms with E-state index in [-0.39, 0.29) is 49.1 Å². The summed E-state index contributed by atoms with van der Waals surface area (Å²) < 4.78 is 17.2. The van der Waals surface area contributed by atoms with Gasteiger partial charge in [0.2, 0.25) is 0 Å². The second kappa shape index (κ2) is 49.7. The van der Waals surface area contributed by atoms with Gasteiger partial charge in [-0.1, -0.05) is 195 Å². The van der Waals surface area contributed by atoms with Gasteiger partial charge in [-0.25, -0.2) is 0 Å². The van der Waals surface area contributed by atoms with Gasteiger partial charge in [-0.3, -0.25) is 9.59 Å². The minimum Gasteiger partial charge on any atom is -0.544 e. The third-order valence-electron chi connectivity index (χ3n) is 11.7. The maximum Gasteiger partial charge on any atom is 0.306 e. The number of hydrogen-bond donors (Lipinski definition) is 0. The van der Waals surface area contributed by atoms with Crippen LogP contribution in [0, 0.1) is 0 Å². The molecule has 0 aliphatic carbocycles. The van der Waals surface area contributed by atoms with Crippen LogP contribution in [0.4, 0.5) is 0 Å². The number of quaternary nitrogens is 1. The van der Waals surface area contributed by atoms with Gasteiger partial charge in [0.25, 0.3) is 0 Å². The predicted octanol–water partition coefficient (Wildman–Crippen LogP) is 14.9. The Hall–Kier alpha value is -3.75. The number of carbonyl (C=O) groups is 3. The Morgan fingerprint density at radius 3 is 1.25 bits per heavy atom. The SMILES string of the molecule is CC/C=C/C/C=C/C/C=C/C/C=C/C/C=C/C/C=C/CCCCC(=O)OCC(COCCC(C(=O)[O-])[N+](C)(C)C)OC(=O)CCCCCCCCC/C=C/C/C=C/CCCCCCCCCCC. The number of nitrogens with zero attached hydrogens (tertiary/aromatic N) is 1. The maximum absolute atomic E-state index is 12.8. The molecule has 0 aliphatic heterocycles. The van der Waals surface area contributed by atoms with Crippen molar-refractivity contribution in [3.63, 3.8) is 0 Å². The van der Waals surface area contributed by atoms with E-state index in [2.05, 4.69) is 111 Å². The van der Waals surface area contributed by atoms with Gasteiger partial charge in [0, 0.05) is 19.3 Å². The maximum atomic E-state index is 12.8. The zero-order valence-electron chi connectivity index (χ0n) is 44.2. The lowest BCUT2D eigenvalue weighted by Crippen LogP contribution is -2.55. The largest absolute Gasteiger partial charge is 0.544 e. The highest BCUT2D eigenvalue weighted by molar-refractivity contribution is 5.70. The molecule has 2 atom stereocenters. The number of hydrogen-bond acceptors (Lipinski definition) is 7. The first-order valence-corrected chi connectivity index (χ1v) is 27.3. The van der Waals surface area contributed by atoms with Crippen LogP contribution in [-0.4, -0.2) is 75.5 Å². The van der Waals surface area contributed by atoms with Gasteiger partial charge in [0.05, 0.1) is 40.3 Å². The molecule has 0 aliphatic rings. The van der Waals surface area contributed by atoms with E-state index in [0.29, 0.717) is 12.8 Å². The molecule has 0 aromatic heterocycles. The summed E-state index contributed by atoms with van der Waals surface area (Å²) in [7, 11) is 5.39. The summed E-state index contributed by atoms with van der Waals surface area (Å²) >= 11 is 0. The molecule has 0 saturated carbocycles. The smallest absolute Gasteiger partial charge is 0.306 e. The van der Waals surface area contributed by atoms with Crippen LogP contribution in [0.1, 0.15) is 213 Å². The molecule has 0 saturated heterocycles. The standard InChI is InChI=1S/C60H101NO7/c1-6-8-10-12-14-16-18-20-22-24-26-28-29-31-33-35-37-39-41-43-45-47-49-51-59(63)68-56(54-66-53-52-57(60(64)65)61(3,4)5)55-67-58(62)50-48-46-44-42-40-38-36-34-32-30-27-25-23-21-19-17-15-13-11-9-7-2/h9,11,15,17,21,23,26-28,30-31,33-34,36,40,42,56-57H,6-8,10,12-14,16,18-20,22,24-25,29,32,35,37-39,41,43-55H2,1-5H3/b11-9+,17-15+,23-21+,28-26+,30-27+,33-31+,36-34+,42-40+. The first-order chi connectivity index (χ1) is 33.1. The van der Waals surface area contributed by atoms with Crippen LogP contribution in [-0.2, 0) is 28.6 Å². The van der Waals surface area contributed by atoms with Crippen LogP contribution in [0.5, 0.6) is 0 Å². The highest BCUT2D eigenvalue weighted by Gasteiger charge is 2.25. The van der Waals surface area contributed by atoms with Crippen LogP contribution in [0.2, 0.25) is 0 Å². The normalized spacial score (nSPS) is 13.6. The van der Waals surface area contributed by atoms with E-state index in [1.54, 1.807) is 21.1 Å². The molecule has 2 unspecified atom stereocenters. The van der Waals surface area contributed by atoms with E-state index in [1.165, 1.54) is 83.5 Å². The van der Waals surface area contributed by atoms with Crippen molar-refractivity contribution in [1.29, 1.82) is 0 Å². The summed E-state index contributed by atoms with van der Waals surface area (Å²) in [5.74, 6) is -1.81. The summed E-state index contributed by atoms with van der Waals surface area (Å²) in [6.45, 7) is 4.50. The Balaban J connectivity index is 4.33. The Bertz CT molecular complexity index is 1430. The molecular formula is C60H101NO7. The molecule has 0 amide bonds. The van der Waals surface area contributed by atoms with Crippen molar-refractivity contribution < 1.29 is 38.2 Å². The van der Waals surface area contributed by atoms with Gasteiger partial charge in [0.15, 0.2) is 6.10 Å². The van der Waals surface area contributed by atoms with Crippen molar-refractivity contribution in [3.05, 3.63) is 97.2 Å². The van der Waals surface area contributed by atoms with Crippen molar-refractivity contribution in [2.45, 2.75) is 225 Å². The Labute approximate surface area is 417 Å². The second-order valence-corrected chi connectivity index (χ2v) is 19.1. The minimum absolute atomic E-state index is 0.0178. The fourth-order valence-corrected chi connectivity index (χ4v) is 7.52. The molecule has 0 aromatic rings. The summed E-state index contributed by atoms with van der Waals surface area (Å²) in [4.78, 5) is 37.1. The van der Waals surface area contributed by atoms with Crippen molar-refractivity contribution in [2.24, 2.45) is 0 Å². The molecule has 0 N–H and O–H groups in total. The van der Waals surface area contributed by atoms with Crippen LogP contribution < -0.4 is 5.11 Å². The van der Waals surface area contributed by atoms with Crippen LogP contribution in [0.3, 0.4) is 0 Å². The van der Waals surface area contributed by atoms with E-state index in [4.69, 9.17) is 14.2 Å². The number of likely N-dealkylation sites (N-methyl/N-ethyl adjacent to an activating group) is 1. The van der Waals surface area contributed by atoms with Crippen molar-refractivity contribution in [3.8, 4) is 0 Å². The fourth-order valence-electron chi connectivity index (χ4n) is 7.52. The Morgan fingerprint density at radius 2 is 0.824 bits per heavy atom. The highest BCUT2D eigenvalue weighted by Crippen LogP contribution is 2.14. The third kappa shape index (κ3) is 47.3. The molecule has 0 heterocycles. The van der Waals surface area contributed by atoms with E-state index in [0.717, 1.165) is 89.9 Å². The summed E-state index contributed by atoms with van der Waals surface area (Å²) in [5, 5.41) is 11.7. The van der Waals surface area contributed by atoms with E-state index >= 15 is 0 Å². The number of allylic oxidation sites excluding steroid dienone is 16. The van der Waals surface area contributed by atoms with Gasteiger partial charge < -0.3 is 28.6 Å². The molecular weight excluding hydrogens is 847 g/mol. The van der Waals surface area contributed by atoms with Crippen molar-refractivity contribution >= 4 is 17.9 Å². The Morgan fingerprint density at radius 1 is 0.456 bits per heavy atom. The van der Waals surface area contributed by atoms with Crippen molar-refractivity contribution in [2.75, 3.05) is 41.0 Å². The van der Waals surface area contributed by atoms with Crippen LogP contribution in [0.15, 0.2) is 97.2 Å². The molecule has 68 heavy (non-hydrogen) atoms. The molecule has 8 nitrogen and oxygen atoms in total. The van der Waals surface area contributed by atoms with Crippen molar-refractivity contribution in [1.82, 2.24) is 0 Å². The molecule has 0 bridgehead atoms. The number of aliphatic carboxylic acids is 1. The lowest BCUT2D eigenvalue weighted by molar-refractivity contribution is -0.889. The zero-order valence-corrected chi connectivity index (χ0v) is 44.2. The van der Waals surface area contributed by atoms with Gasteiger partial charge in [-0.05, 0) is 96.3 Å². The second-order valence-electron chi connectivity index (χ2n) is 19.1. The molecule has 0 rings (SSSR count). The highest BCUT2D eigenvalue weighted by atomic mass is 16.6. The van der Waals surface area contributed by atoms with Crippen LogP contribution >= 0.6 is 0 Å². The quantitative estimate of drug-likeness (QED) is 0.0259. The summed E-state index contributed by atoms with van der Waals surface area (Å²) in [6.07, 6.45) is 67.3. The summed E-state index contributed by atoms with van der Waals surface area (Å²) in [5.41, 5.74) is 0.